The third-order valence-electron chi connectivity index (χ3n) is 2.71. The molecule has 19 heavy (non-hydrogen) atoms. The molecule has 1 N–H and O–H groups in total. The second-order valence-corrected chi connectivity index (χ2v) is 5.40. The standard InChI is InChI=1S/C13H15N3O2S/c1-3-13-15-8-10(19-13)7-14-11-5-4-9(2)6-12(11)16(17)18/h4-6,8,14H,3,7H2,1-2H3. The number of nitrogens with one attached hydrogen (secondary N) is 1. The number of hydrogen-bond donors (Lipinski definition) is 1. The molecule has 1 aromatic heterocycles. The number of nitrogens with zero attached hydrogens (tertiary/aromatic N) is 2. The largest absolute Gasteiger partial charge is 0.375 e. The van der Waals surface area contributed by atoms with Crippen LogP contribution in [0.5, 0.6) is 0 Å². The van der Waals surface area contributed by atoms with Gasteiger partial charge < -0.3 is 5.32 Å². The van der Waals surface area contributed by atoms with Crippen molar-refractivity contribution in [2.45, 2.75) is 26.8 Å². The van der Waals surface area contributed by atoms with Crippen molar-refractivity contribution in [3.8, 4) is 0 Å². The van der Waals surface area contributed by atoms with Gasteiger partial charge in [0, 0.05) is 17.1 Å². The highest BCUT2D eigenvalue weighted by molar-refractivity contribution is 7.11. The number of aromatic nitrogens is 1. The van der Waals surface area contributed by atoms with Crippen LogP contribution in [0.2, 0.25) is 0 Å². The Bertz CT molecular complexity index is 595. The van der Waals surface area contributed by atoms with Crippen molar-refractivity contribution in [3.63, 3.8) is 0 Å². The minimum Gasteiger partial charge on any atom is -0.375 e. The summed E-state index contributed by atoms with van der Waals surface area (Å²) in [7, 11) is 0. The van der Waals surface area contributed by atoms with Crippen molar-refractivity contribution >= 4 is 22.7 Å². The normalized spacial score (nSPS) is 10.4. The maximum absolute atomic E-state index is 11.0. The summed E-state index contributed by atoms with van der Waals surface area (Å²) in [5.74, 6) is 0. The average molecular weight is 277 g/mol. The summed E-state index contributed by atoms with van der Waals surface area (Å²) in [5.41, 5.74) is 1.53. The monoisotopic (exact) mass is 277 g/mol. The molecule has 0 aliphatic rings. The smallest absolute Gasteiger partial charge is 0.292 e. The summed E-state index contributed by atoms with van der Waals surface area (Å²) in [6.45, 7) is 4.45. The Balaban J connectivity index is 2.12. The summed E-state index contributed by atoms with van der Waals surface area (Å²) in [6, 6.07) is 5.18. The van der Waals surface area contributed by atoms with E-state index in [1.54, 1.807) is 23.5 Å². The van der Waals surface area contributed by atoms with Gasteiger partial charge in [0.15, 0.2) is 0 Å². The van der Waals surface area contributed by atoms with E-state index in [1.165, 1.54) is 0 Å². The van der Waals surface area contributed by atoms with Crippen molar-refractivity contribution in [1.82, 2.24) is 4.98 Å². The topological polar surface area (TPSA) is 68.1 Å². The molecule has 0 amide bonds. The molecule has 2 aromatic rings. The number of hydrogen-bond acceptors (Lipinski definition) is 5. The van der Waals surface area contributed by atoms with Crippen molar-refractivity contribution in [3.05, 3.63) is 50.0 Å². The lowest BCUT2D eigenvalue weighted by atomic mass is 10.2. The minimum atomic E-state index is -0.362. The molecule has 0 fully saturated rings. The maximum Gasteiger partial charge on any atom is 0.292 e. The van der Waals surface area contributed by atoms with Crippen LogP contribution in [0.1, 0.15) is 22.4 Å². The first kappa shape index (κ1) is 13.5. The van der Waals surface area contributed by atoms with Gasteiger partial charge in [-0.05, 0) is 25.0 Å². The molecule has 0 saturated heterocycles. The average Bonchev–Trinajstić information content (AvgIpc) is 2.85. The molecule has 5 nitrogen and oxygen atoms in total. The van der Waals surface area contributed by atoms with Crippen molar-refractivity contribution in [2.24, 2.45) is 0 Å². The number of nitro benzene ring substituents is 1. The molecule has 6 heteroatoms. The van der Waals surface area contributed by atoms with E-state index in [0.717, 1.165) is 21.9 Å². The fourth-order valence-corrected chi connectivity index (χ4v) is 2.52. The Morgan fingerprint density at radius 2 is 2.26 bits per heavy atom. The number of rotatable bonds is 5. The molecule has 0 saturated carbocycles. The molecule has 100 valence electrons. The molecule has 1 heterocycles. The van der Waals surface area contributed by atoms with Crippen LogP contribution >= 0.6 is 11.3 Å². The molecule has 0 unspecified atom stereocenters. The van der Waals surface area contributed by atoms with Gasteiger partial charge in [-0.15, -0.1) is 11.3 Å². The van der Waals surface area contributed by atoms with Gasteiger partial charge in [-0.3, -0.25) is 10.1 Å². The summed E-state index contributed by atoms with van der Waals surface area (Å²) in [4.78, 5) is 16.0. The van der Waals surface area contributed by atoms with Gasteiger partial charge in [-0.25, -0.2) is 4.98 Å². The van der Waals surface area contributed by atoms with Crippen LogP contribution in [0, 0.1) is 17.0 Å². The first-order chi connectivity index (χ1) is 9.10. The number of benzene rings is 1. The first-order valence-electron chi connectivity index (χ1n) is 6.02. The van der Waals surface area contributed by atoms with E-state index in [4.69, 9.17) is 0 Å². The Morgan fingerprint density at radius 3 is 2.89 bits per heavy atom. The second-order valence-electron chi connectivity index (χ2n) is 4.21. The lowest BCUT2D eigenvalue weighted by Gasteiger charge is -2.06. The second kappa shape index (κ2) is 5.79. The molecule has 2 rings (SSSR count). The molecule has 0 spiro atoms. The van der Waals surface area contributed by atoms with E-state index in [9.17, 15) is 10.1 Å². The number of aryl methyl sites for hydroxylation is 2. The summed E-state index contributed by atoms with van der Waals surface area (Å²) in [6.07, 6.45) is 2.73. The van der Waals surface area contributed by atoms with E-state index in [-0.39, 0.29) is 10.6 Å². The van der Waals surface area contributed by atoms with Crippen LogP contribution in [-0.4, -0.2) is 9.91 Å². The Morgan fingerprint density at radius 1 is 1.47 bits per heavy atom. The lowest BCUT2D eigenvalue weighted by molar-refractivity contribution is -0.384. The quantitative estimate of drug-likeness (QED) is 0.670. The van der Waals surface area contributed by atoms with Crippen molar-refractivity contribution in [1.29, 1.82) is 0 Å². The summed E-state index contributed by atoms with van der Waals surface area (Å²) < 4.78 is 0. The minimum absolute atomic E-state index is 0.111. The van der Waals surface area contributed by atoms with Crippen LogP contribution in [0.3, 0.4) is 0 Å². The van der Waals surface area contributed by atoms with Crippen molar-refractivity contribution < 1.29 is 4.92 Å². The zero-order valence-corrected chi connectivity index (χ0v) is 11.7. The Labute approximate surface area is 115 Å². The Hall–Kier alpha value is -1.95. The van der Waals surface area contributed by atoms with Crippen LogP contribution in [-0.2, 0) is 13.0 Å². The van der Waals surface area contributed by atoms with E-state index < -0.39 is 0 Å². The van der Waals surface area contributed by atoms with Crippen molar-refractivity contribution in [2.75, 3.05) is 5.32 Å². The molecule has 0 bridgehead atoms. The van der Waals surface area contributed by atoms with Crippen LogP contribution in [0.4, 0.5) is 11.4 Å². The van der Waals surface area contributed by atoms with Gasteiger partial charge in [0.1, 0.15) is 5.69 Å². The van der Waals surface area contributed by atoms with E-state index in [1.807, 2.05) is 19.2 Å². The molecule has 1 aromatic carbocycles. The highest BCUT2D eigenvalue weighted by Crippen LogP contribution is 2.26. The van der Waals surface area contributed by atoms with Gasteiger partial charge in [0.25, 0.3) is 5.69 Å². The van der Waals surface area contributed by atoms with E-state index in [2.05, 4.69) is 17.2 Å². The molecule has 0 atom stereocenters. The van der Waals surface area contributed by atoms with Gasteiger partial charge in [0.2, 0.25) is 0 Å². The molecule has 0 aliphatic carbocycles. The lowest BCUT2D eigenvalue weighted by Crippen LogP contribution is -2.01. The fourth-order valence-electron chi connectivity index (χ4n) is 1.72. The van der Waals surface area contributed by atoms with Gasteiger partial charge in [-0.1, -0.05) is 13.0 Å². The fraction of sp³-hybridized carbons (Fsp3) is 0.308. The Kier molecular flexibility index (Phi) is 4.11. The van der Waals surface area contributed by atoms with Crippen LogP contribution in [0.25, 0.3) is 0 Å². The predicted molar refractivity (Wildman–Crippen MR) is 76.7 cm³/mol. The summed E-state index contributed by atoms with van der Waals surface area (Å²) in [5, 5.41) is 15.2. The van der Waals surface area contributed by atoms with E-state index in [0.29, 0.717) is 12.2 Å². The van der Waals surface area contributed by atoms with Gasteiger partial charge in [-0.2, -0.15) is 0 Å². The van der Waals surface area contributed by atoms with Gasteiger partial charge in [0.05, 0.1) is 16.5 Å². The zero-order valence-electron chi connectivity index (χ0n) is 10.8. The first-order valence-corrected chi connectivity index (χ1v) is 6.84. The number of thiazole rings is 1. The van der Waals surface area contributed by atoms with Gasteiger partial charge >= 0.3 is 0 Å². The molecular formula is C13H15N3O2S. The molecule has 0 radical (unpaired) electrons. The van der Waals surface area contributed by atoms with E-state index >= 15 is 0 Å². The number of anilines is 1. The maximum atomic E-state index is 11.0. The zero-order chi connectivity index (χ0) is 13.8. The third-order valence-corrected chi connectivity index (χ3v) is 3.85. The predicted octanol–water partition coefficient (Wildman–Crippen LogP) is 3.53. The highest BCUT2D eigenvalue weighted by atomic mass is 32.1. The molecular weight excluding hydrogens is 262 g/mol. The molecule has 0 aliphatic heterocycles. The highest BCUT2D eigenvalue weighted by Gasteiger charge is 2.13. The number of nitro groups is 1. The summed E-state index contributed by atoms with van der Waals surface area (Å²) >= 11 is 1.63. The van der Waals surface area contributed by atoms with Crippen LogP contribution < -0.4 is 5.32 Å². The third kappa shape index (κ3) is 3.29. The SMILES string of the molecule is CCc1ncc(CNc2ccc(C)cc2[N+](=O)[O-])s1. The van der Waals surface area contributed by atoms with Crippen LogP contribution in [0.15, 0.2) is 24.4 Å².